The molecule has 0 aliphatic carbocycles. The van der Waals surface area contributed by atoms with E-state index in [-0.39, 0.29) is 17.3 Å². The second-order valence-electron chi connectivity index (χ2n) is 6.78. The minimum atomic E-state index is -3.31. The van der Waals surface area contributed by atoms with Crippen molar-refractivity contribution in [1.29, 1.82) is 0 Å². The van der Waals surface area contributed by atoms with Crippen molar-refractivity contribution in [2.45, 2.75) is 11.5 Å². The number of benzene rings is 3. The highest BCUT2D eigenvalue weighted by Crippen LogP contribution is 2.38. The third-order valence-corrected chi connectivity index (χ3v) is 7.05. The van der Waals surface area contributed by atoms with Gasteiger partial charge in [-0.05, 0) is 42.0 Å². The first-order valence-electron chi connectivity index (χ1n) is 9.25. The van der Waals surface area contributed by atoms with Gasteiger partial charge in [0.15, 0.2) is 9.84 Å². The highest BCUT2D eigenvalue weighted by molar-refractivity contribution is 7.90. The fraction of sp³-hybridized carbons (Fsp3) is 0.0870. The van der Waals surface area contributed by atoms with Crippen molar-refractivity contribution in [3.8, 4) is 27.4 Å². The molecule has 0 aliphatic rings. The number of aromatic nitrogens is 1. The molecule has 4 nitrogen and oxygen atoms in total. The van der Waals surface area contributed by atoms with E-state index in [0.717, 1.165) is 16.7 Å². The largest absolute Gasteiger partial charge is 0.485 e. The number of hydrogen-bond donors (Lipinski definition) is 0. The first-order valence-corrected chi connectivity index (χ1v) is 12.3. The molecule has 0 saturated heterocycles. The smallest absolute Gasteiger partial charge is 0.175 e. The zero-order chi connectivity index (χ0) is 22.0. The topological polar surface area (TPSA) is 56.3 Å². The van der Waals surface area contributed by atoms with E-state index in [1.165, 1.54) is 29.5 Å². The molecule has 1 heterocycles. The van der Waals surface area contributed by atoms with Gasteiger partial charge in [-0.2, -0.15) is 0 Å². The summed E-state index contributed by atoms with van der Waals surface area (Å²) in [4.78, 5) is 5.57. The summed E-state index contributed by atoms with van der Waals surface area (Å²) < 4.78 is 43.9. The molecule has 4 aromatic rings. The average Bonchev–Trinajstić information content (AvgIpc) is 3.17. The first kappa shape index (κ1) is 21.5. The third-order valence-electron chi connectivity index (χ3n) is 4.53. The Morgan fingerprint density at radius 3 is 2.35 bits per heavy atom. The lowest BCUT2D eigenvalue weighted by Crippen LogP contribution is -1.96. The number of nitrogens with zero attached hydrogens (tertiary/aromatic N) is 1. The Bertz CT molecular complexity index is 1340. The van der Waals surface area contributed by atoms with Crippen molar-refractivity contribution < 1.29 is 17.5 Å². The average molecular weight is 474 g/mol. The number of halogens is 2. The van der Waals surface area contributed by atoms with Gasteiger partial charge in [-0.1, -0.05) is 48.0 Å². The van der Waals surface area contributed by atoms with Crippen molar-refractivity contribution in [1.82, 2.24) is 4.98 Å². The zero-order valence-corrected chi connectivity index (χ0v) is 18.8. The van der Waals surface area contributed by atoms with Gasteiger partial charge in [-0.15, -0.1) is 11.3 Å². The quantitative estimate of drug-likeness (QED) is 0.332. The molecular weight excluding hydrogens is 457 g/mol. The molecule has 0 aliphatic heterocycles. The van der Waals surface area contributed by atoms with E-state index >= 15 is 0 Å². The predicted octanol–water partition coefficient (Wildman–Crippen LogP) is 6.25. The van der Waals surface area contributed by atoms with Crippen molar-refractivity contribution in [3.05, 3.63) is 88.6 Å². The number of sulfone groups is 1. The van der Waals surface area contributed by atoms with Crippen LogP contribution in [0.3, 0.4) is 0 Å². The Morgan fingerprint density at radius 2 is 1.68 bits per heavy atom. The second-order valence-corrected chi connectivity index (χ2v) is 10.3. The van der Waals surface area contributed by atoms with Crippen LogP contribution in [0.15, 0.2) is 77.7 Å². The number of hydrogen-bond acceptors (Lipinski definition) is 5. The summed E-state index contributed by atoms with van der Waals surface area (Å²) in [6.07, 6.45) is 1.16. The van der Waals surface area contributed by atoms with Crippen molar-refractivity contribution in [2.24, 2.45) is 0 Å². The summed E-state index contributed by atoms with van der Waals surface area (Å²) in [5.41, 5.74) is 1.59. The van der Waals surface area contributed by atoms with Gasteiger partial charge in [0.2, 0.25) is 0 Å². The summed E-state index contributed by atoms with van der Waals surface area (Å²) >= 11 is 7.51. The van der Waals surface area contributed by atoms with Gasteiger partial charge < -0.3 is 4.74 Å². The maximum absolute atomic E-state index is 14.5. The predicted molar refractivity (Wildman–Crippen MR) is 122 cm³/mol. The van der Waals surface area contributed by atoms with E-state index in [1.807, 2.05) is 12.1 Å². The van der Waals surface area contributed by atoms with E-state index in [1.54, 1.807) is 42.5 Å². The first-order chi connectivity index (χ1) is 14.8. The van der Waals surface area contributed by atoms with E-state index in [2.05, 4.69) is 4.98 Å². The van der Waals surface area contributed by atoms with Crippen LogP contribution in [0.1, 0.15) is 5.01 Å². The summed E-state index contributed by atoms with van der Waals surface area (Å²) in [7, 11) is -3.31. The number of para-hydroxylation sites is 1. The Balaban J connectivity index is 1.74. The number of thiazole rings is 1. The highest BCUT2D eigenvalue weighted by Gasteiger charge is 2.19. The Morgan fingerprint density at radius 1 is 1.00 bits per heavy atom. The lowest BCUT2D eigenvalue weighted by atomic mass is 10.1. The lowest BCUT2D eigenvalue weighted by molar-refractivity contribution is 0.306. The van der Waals surface area contributed by atoms with Gasteiger partial charge in [0, 0.05) is 11.8 Å². The van der Waals surface area contributed by atoms with Crippen LogP contribution < -0.4 is 4.74 Å². The molecule has 31 heavy (non-hydrogen) atoms. The fourth-order valence-corrected chi connectivity index (χ4v) is 4.83. The van der Waals surface area contributed by atoms with Gasteiger partial charge >= 0.3 is 0 Å². The van der Waals surface area contributed by atoms with Crippen molar-refractivity contribution >= 4 is 32.8 Å². The molecule has 0 bridgehead atoms. The maximum atomic E-state index is 14.5. The van der Waals surface area contributed by atoms with Gasteiger partial charge in [-0.25, -0.2) is 17.8 Å². The molecule has 8 heteroatoms. The van der Waals surface area contributed by atoms with Gasteiger partial charge in [-0.3, -0.25) is 0 Å². The standard InChI is InChI=1S/C23H17ClFNO3S2/c1-31(27,28)16-12-10-15(11-13-16)23-22(17-6-2-4-8-19(17)25)26-21(30-23)14-29-20-9-5-3-7-18(20)24/h2-13H,14H2,1H3. The minimum Gasteiger partial charge on any atom is -0.485 e. The molecular formula is C23H17ClFNO3S2. The van der Waals surface area contributed by atoms with Gasteiger partial charge in [0.1, 0.15) is 23.2 Å². The molecule has 0 saturated carbocycles. The van der Waals surface area contributed by atoms with Crippen LogP contribution >= 0.6 is 22.9 Å². The molecule has 0 atom stereocenters. The Labute approximate surface area is 188 Å². The van der Waals surface area contributed by atoms with Gasteiger partial charge in [0.25, 0.3) is 0 Å². The number of ether oxygens (including phenoxy) is 1. The maximum Gasteiger partial charge on any atom is 0.175 e. The summed E-state index contributed by atoms with van der Waals surface area (Å²) in [5, 5.41) is 1.13. The molecule has 158 valence electrons. The summed E-state index contributed by atoms with van der Waals surface area (Å²) in [5.74, 6) is 0.145. The molecule has 0 N–H and O–H groups in total. The van der Waals surface area contributed by atoms with Crippen LogP contribution in [0.25, 0.3) is 21.7 Å². The van der Waals surface area contributed by atoms with Crippen LogP contribution in [-0.4, -0.2) is 19.7 Å². The monoisotopic (exact) mass is 473 g/mol. The zero-order valence-electron chi connectivity index (χ0n) is 16.4. The van der Waals surface area contributed by atoms with Crippen LogP contribution in [0.4, 0.5) is 4.39 Å². The number of rotatable bonds is 6. The SMILES string of the molecule is CS(=O)(=O)c1ccc(-c2sc(COc3ccccc3Cl)nc2-c2ccccc2F)cc1. The third kappa shape index (κ3) is 4.79. The summed E-state index contributed by atoms with van der Waals surface area (Å²) in [6, 6.07) is 20.0. The van der Waals surface area contributed by atoms with Gasteiger partial charge in [0.05, 0.1) is 20.5 Å². The fourth-order valence-electron chi connectivity index (χ4n) is 3.01. The van der Waals surface area contributed by atoms with Crippen LogP contribution in [0.2, 0.25) is 5.02 Å². The minimum absolute atomic E-state index is 0.164. The summed E-state index contributed by atoms with van der Waals surface area (Å²) in [6.45, 7) is 0.164. The highest BCUT2D eigenvalue weighted by atomic mass is 35.5. The Hall–Kier alpha value is -2.74. The molecule has 4 rings (SSSR count). The molecule has 0 radical (unpaired) electrons. The van der Waals surface area contributed by atoms with Crippen molar-refractivity contribution in [2.75, 3.05) is 6.26 Å². The van der Waals surface area contributed by atoms with E-state index in [4.69, 9.17) is 16.3 Å². The second kappa shape index (κ2) is 8.78. The molecule has 0 fully saturated rings. The Kier molecular flexibility index (Phi) is 6.09. The molecule has 1 aromatic heterocycles. The normalized spacial score (nSPS) is 11.5. The molecule has 0 unspecified atom stereocenters. The van der Waals surface area contributed by atoms with Crippen LogP contribution in [0, 0.1) is 5.82 Å². The van der Waals surface area contributed by atoms with E-state index < -0.39 is 9.84 Å². The van der Waals surface area contributed by atoms with Crippen LogP contribution in [0.5, 0.6) is 5.75 Å². The molecule has 0 amide bonds. The molecule has 0 spiro atoms. The van der Waals surface area contributed by atoms with Crippen LogP contribution in [-0.2, 0) is 16.4 Å². The lowest BCUT2D eigenvalue weighted by Gasteiger charge is -2.05. The van der Waals surface area contributed by atoms with E-state index in [9.17, 15) is 12.8 Å². The molecule has 3 aromatic carbocycles. The van der Waals surface area contributed by atoms with E-state index in [0.29, 0.717) is 27.0 Å². The van der Waals surface area contributed by atoms with Crippen molar-refractivity contribution in [3.63, 3.8) is 0 Å².